The van der Waals surface area contributed by atoms with Gasteiger partial charge in [0.05, 0.1) is 26.3 Å². The zero-order chi connectivity index (χ0) is 24.1. The number of anilines is 1. The normalized spacial score (nSPS) is 12.0. The van der Waals surface area contributed by atoms with Crippen molar-refractivity contribution in [3.8, 4) is 11.5 Å². The summed E-state index contributed by atoms with van der Waals surface area (Å²) in [4.78, 5) is 12.7. The van der Waals surface area contributed by atoms with Gasteiger partial charge in [0.1, 0.15) is 17.7 Å². The first kappa shape index (κ1) is 27.3. The van der Waals surface area contributed by atoms with E-state index in [0.717, 1.165) is 20.2 Å². The molecule has 0 heterocycles. The average Bonchev–Trinajstić information content (AvgIpc) is 2.69. The molecular formula is C20H20Br2Cl3N3O3S. The Hall–Kier alpha value is -0.970. The van der Waals surface area contributed by atoms with Crippen LogP contribution in [0.3, 0.4) is 0 Å². The first-order valence-corrected chi connectivity index (χ1v) is 12.2. The Kier molecular flexibility index (Phi) is 10.2. The maximum Gasteiger partial charge on any atom is 0.228 e. The van der Waals surface area contributed by atoms with Gasteiger partial charge in [0.25, 0.3) is 0 Å². The molecule has 2 aromatic carbocycles. The number of hydrogen-bond acceptors (Lipinski definition) is 4. The molecule has 0 aromatic heterocycles. The van der Waals surface area contributed by atoms with Crippen molar-refractivity contribution in [1.82, 2.24) is 10.6 Å². The molecule has 1 atom stereocenters. The van der Waals surface area contributed by atoms with Crippen molar-refractivity contribution in [2.45, 2.75) is 23.3 Å². The highest BCUT2D eigenvalue weighted by Crippen LogP contribution is 2.32. The maximum absolute atomic E-state index is 12.7. The van der Waals surface area contributed by atoms with E-state index in [9.17, 15) is 4.79 Å². The van der Waals surface area contributed by atoms with Crippen molar-refractivity contribution in [1.29, 1.82) is 0 Å². The Morgan fingerprint density at radius 1 is 1.12 bits per heavy atom. The van der Waals surface area contributed by atoms with Crippen LogP contribution < -0.4 is 25.4 Å². The Morgan fingerprint density at radius 3 is 2.38 bits per heavy atom. The van der Waals surface area contributed by atoms with Crippen molar-refractivity contribution >= 4 is 95.6 Å². The molecule has 0 aliphatic heterocycles. The topological polar surface area (TPSA) is 71.6 Å². The molecule has 0 fully saturated rings. The first-order valence-electron chi connectivity index (χ1n) is 9.04. The smallest absolute Gasteiger partial charge is 0.228 e. The highest BCUT2D eigenvalue weighted by Gasteiger charge is 2.35. The molecule has 3 N–H and O–H groups in total. The van der Waals surface area contributed by atoms with Gasteiger partial charge >= 0.3 is 0 Å². The molecule has 32 heavy (non-hydrogen) atoms. The van der Waals surface area contributed by atoms with Gasteiger partial charge in [0.15, 0.2) is 5.11 Å². The molecule has 0 saturated carbocycles. The Bertz CT molecular complexity index is 983. The molecule has 0 aliphatic rings. The van der Waals surface area contributed by atoms with Gasteiger partial charge in [-0.25, -0.2) is 0 Å². The van der Waals surface area contributed by atoms with Crippen LogP contribution in [0.15, 0.2) is 39.3 Å². The lowest BCUT2D eigenvalue weighted by atomic mass is 10.1. The number of amides is 1. The number of thiocarbonyl (C=S) groups is 1. The lowest BCUT2D eigenvalue weighted by molar-refractivity contribution is -0.121. The number of hydrogen-bond donors (Lipinski definition) is 3. The highest BCUT2D eigenvalue weighted by atomic mass is 79.9. The molecule has 174 valence electrons. The standard InChI is InChI=1S/C20H20Br2Cl3N3O3S/c1-10-6-12(21)8-14(22)17(10)27-19(32)28-18(20(23,24)25)26-16(29)7-11-4-5-13(30-2)9-15(11)31-3/h4-6,8-9,18H,7H2,1-3H3,(H,26,29)(H2,27,28,32). The fourth-order valence-electron chi connectivity index (χ4n) is 2.72. The van der Waals surface area contributed by atoms with E-state index in [1.54, 1.807) is 25.3 Å². The number of nitrogens with one attached hydrogen (secondary N) is 3. The van der Waals surface area contributed by atoms with Crippen LogP contribution in [0.2, 0.25) is 0 Å². The minimum absolute atomic E-state index is 0.0103. The van der Waals surface area contributed by atoms with E-state index in [2.05, 4.69) is 47.8 Å². The second-order valence-corrected chi connectivity index (χ2v) is 11.1. The summed E-state index contributed by atoms with van der Waals surface area (Å²) in [6.45, 7) is 1.91. The number of aryl methyl sites for hydroxylation is 1. The van der Waals surface area contributed by atoms with E-state index in [-0.39, 0.29) is 11.5 Å². The van der Waals surface area contributed by atoms with Gasteiger partial charge in [0.2, 0.25) is 9.70 Å². The highest BCUT2D eigenvalue weighted by molar-refractivity contribution is 9.11. The van der Waals surface area contributed by atoms with Crippen LogP contribution in [-0.2, 0) is 11.2 Å². The van der Waals surface area contributed by atoms with E-state index < -0.39 is 15.9 Å². The predicted octanol–water partition coefficient (Wildman–Crippen LogP) is 5.88. The molecule has 0 bridgehead atoms. The number of rotatable bonds is 7. The fourth-order valence-corrected chi connectivity index (χ4v) is 4.81. The van der Waals surface area contributed by atoms with Crippen molar-refractivity contribution in [3.63, 3.8) is 0 Å². The molecule has 2 rings (SSSR count). The molecule has 0 aliphatic carbocycles. The van der Waals surface area contributed by atoms with Crippen LogP contribution in [0.1, 0.15) is 11.1 Å². The van der Waals surface area contributed by atoms with Gasteiger partial charge in [0, 0.05) is 20.6 Å². The van der Waals surface area contributed by atoms with Crippen LogP contribution >= 0.6 is 78.9 Å². The number of carbonyl (C=O) groups excluding carboxylic acids is 1. The summed E-state index contributed by atoms with van der Waals surface area (Å²) < 4.78 is 10.3. The largest absolute Gasteiger partial charge is 0.497 e. The first-order chi connectivity index (χ1) is 14.9. The molecule has 12 heteroatoms. The molecule has 0 radical (unpaired) electrons. The zero-order valence-corrected chi connectivity index (χ0v) is 23.5. The zero-order valence-electron chi connectivity index (χ0n) is 17.2. The van der Waals surface area contributed by atoms with Crippen LogP contribution in [-0.4, -0.2) is 35.2 Å². The number of alkyl halides is 3. The maximum atomic E-state index is 12.7. The van der Waals surface area contributed by atoms with Gasteiger partial charge < -0.3 is 25.4 Å². The SMILES string of the molecule is COc1ccc(CC(=O)NC(NC(=S)Nc2c(C)cc(Br)cc2Br)C(Cl)(Cl)Cl)c(OC)c1. The lowest BCUT2D eigenvalue weighted by Crippen LogP contribution is -2.56. The number of benzene rings is 2. The average molecular weight is 649 g/mol. The van der Waals surface area contributed by atoms with Gasteiger partial charge in [-0.3, -0.25) is 4.79 Å². The number of halogens is 5. The molecule has 2 aromatic rings. The third kappa shape index (κ3) is 7.81. The number of ether oxygens (including phenoxy) is 2. The minimum atomic E-state index is -1.88. The fraction of sp³-hybridized carbons (Fsp3) is 0.300. The van der Waals surface area contributed by atoms with E-state index in [0.29, 0.717) is 17.1 Å². The van der Waals surface area contributed by atoms with Crippen molar-refractivity contribution in [2.24, 2.45) is 0 Å². The Balaban J connectivity index is 2.11. The van der Waals surface area contributed by atoms with Crippen LogP contribution in [0.4, 0.5) is 5.69 Å². The van der Waals surface area contributed by atoms with E-state index >= 15 is 0 Å². The molecule has 1 unspecified atom stereocenters. The molecule has 1 amide bonds. The predicted molar refractivity (Wildman–Crippen MR) is 141 cm³/mol. The minimum Gasteiger partial charge on any atom is -0.497 e. The molecule has 0 saturated heterocycles. The Morgan fingerprint density at radius 2 is 1.81 bits per heavy atom. The van der Waals surface area contributed by atoms with E-state index in [1.165, 1.54) is 7.11 Å². The lowest BCUT2D eigenvalue weighted by Gasteiger charge is -2.28. The van der Waals surface area contributed by atoms with Gasteiger partial charge in [-0.05, 0) is 58.8 Å². The summed E-state index contributed by atoms with van der Waals surface area (Å²) in [6.07, 6.45) is -1.11. The third-order valence-corrected chi connectivity index (χ3v) is 6.20. The van der Waals surface area contributed by atoms with Crippen molar-refractivity contribution in [2.75, 3.05) is 19.5 Å². The molecule has 6 nitrogen and oxygen atoms in total. The second-order valence-electron chi connectivity index (χ2n) is 6.57. The number of carbonyl (C=O) groups is 1. The van der Waals surface area contributed by atoms with Gasteiger partial charge in [-0.15, -0.1) is 0 Å². The summed E-state index contributed by atoms with van der Waals surface area (Å²) in [7, 11) is 3.05. The summed E-state index contributed by atoms with van der Waals surface area (Å²) in [5, 5.41) is 8.72. The van der Waals surface area contributed by atoms with Crippen LogP contribution in [0.25, 0.3) is 0 Å². The monoisotopic (exact) mass is 645 g/mol. The molecule has 0 spiro atoms. The second kappa shape index (κ2) is 11.9. The van der Waals surface area contributed by atoms with Crippen LogP contribution in [0, 0.1) is 6.92 Å². The van der Waals surface area contributed by atoms with E-state index in [4.69, 9.17) is 56.5 Å². The van der Waals surface area contributed by atoms with E-state index in [1.807, 2.05) is 19.1 Å². The van der Waals surface area contributed by atoms with Gasteiger partial charge in [-0.1, -0.05) is 56.8 Å². The third-order valence-electron chi connectivity index (χ3n) is 4.24. The summed E-state index contributed by atoms with van der Waals surface area (Å²) in [5.41, 5.74) is 2.31. The number of methoxy groups -OCH3 is 2. The summed E-state index contributed by atoms with van der Waals surface area (Å²) >= 11 is 30.5. The van der Waals surface area contributed by atoms with Gasteiger partial charge in [-0.2, -0.15) is 0 Å². The van der Waals surface area contributed by atoms with Crippen LogP contribution in [0.5, 0.6) is 11.5 Å². The van der Waals surface area contributed by atoms with Crippen molar-refractivity contribution < 1.29 is 14.3 Å². The molecular weight excluding hydrogens is 628 g/mol. The Labute approximate surface area is 223 Å². The summed E-state index contributed by atoms with van der Waals surface area (Å²) in [5.74, 6) is 0.712. The van der Waals surface area contributed by atoms with Crippen molar-refractivity contribution in [3.05, 3.63) is 50.4 Å². The summed E-state index contributed by atoms with van der Waals surface area (Å²) in [6, 6.07) is 8.94. The quantitative estimate of drug-likeness (QED) is 0.198.